The standard InChI is InChI=1S/C14H21ClN2O3S/c1-9(2)10(3)16-14(18)11-6-7-12(15)13(8-11)21(19,20)17(4)5/h6-10H,1-5H3,(H,16,18). The minimum Gasteiger partial charge on any atom is -0.349 e. The van der Waals surface area contributed by atoms with E-state index in [0.717, 1.165) is 4.31 Å². The maximum Gasteiger partial charge on any atom is 0.251 e. The molecule has 1 aromatic rings. The van der Waals surface area contributed by atoms with Gasteiger partial charge in [0.05, 0.1) is 5.02 Å². The molecule has 0 aliphatic heterocycles. The van der Waals surface area contributed by atoms with Gasteiger partial charge in [-0.1, -0.05) is 25.4 Å². The predicted molar refractivity (Wildman–Crippen MR) is 84.1 cm³/mol. The molecule has 5 nitrogen and oxygen atoms in total. The van der Waals surface area contributed by atoms with Crippen molar-refractivity contribution >= 4 is 27.5 Å². The van der Waals surface area contributed by atoms with Crippen molar-refractivity contribution in [2.75, 3.05) is 14.1 Å². The molecule has 1 aromatic carbocycles. The Balaban J connectivity index is 3.16. The molecule has 1 N–H and O–H groups in total. The second kappa shape index (κ2) is 6.77. The van der Waals surface area contributed by atoms with E-state index in [1.807, 2.05) is 20.8 Å². The average molecular weight is 333 g/mol. The van der Waals surface area contributed by atoms with Crippen molar-refractivity contribution in [2.24, 2.45) is 5.92 Å². The quantitative estimate of drug-likeness (QED) is 0.900. The van der Waals surface area contributed by atoms with Crippen LogP contribution >= 0.6 is 11.6 Å². The molecule has 0 saturated carbocycles. The van der Waals surface area contributed by atoms with E-state index in [2.05, 4.69) is 5.32 Å². The van der Waals surface area contributed by atoms with Crippen LogP contribution in [0.25, 0.3) is 0 Å². The minimum atomic E-state index is -3.69. The van der Waals surface area contributed by atoms with Gasteiger partial charge in [-0.3, -0.25) is 4.79 Å². The van der Waals surface area contributed by atoms with E-state index in [-0.39, 0.29) is 33.3 Å². The zero-order valence-electron chi connectivity index (χ0n) is 12.8. The maximum absolute atomic E-state index is 12.2. The first-order valence-corrected chi connectivity index (χ1v) is 8.42. The molecule has 21 heavy (non-hydrogen) atoms. The Morgan fingerprint density at radius 2 is 1.81 bits per heavy atom. The molecule has 0 heterocycles. The van der Waals surface area contributed by atoms with E-state index in [0.29, 0.717) is 0 Å². The summed E-state index contributed by atoms with van der Waals surface area (Å²) >= 11 is 5.95. The molecule has 0 aliphatic carbocycles. The molecule has 1 atom stereocenters. The van der Waals surface area contributed by atoms with E-state index in [9.17, 15) is 13.2 Å². The van der Waals surface area contributed by atoms with Gasteiger partial charge in [0.1, 0.15) is 4.90 Å². The summed E-state index contributed by atoms with van der Waals surface area (Å²) in [7, 11) is -0.855. The molecule has 0 radical (unpaired) electrons. The Labute approximate surface area is 131 Å². The number of sulfonamides is 1. The van der Waals surface area contributed by atoms with Crippen LogP contribution in [-0.2, 0) is 10.0 Å². The molecule has 0 fully saturated rings. The van der Waals surface area contributed by atoms with Crippen molar-refractivity contribution in [3.63, 3.8) is 0 Å². The third kappa shape index (κ3) is 4.18. The van der Waals surface area contributed by atoms with Crippen LogP contribution in [0.1, 0.15) is 31.1 Å². The topological polar surface area (TPSA) is 66.5 Å². The fraction of sp³-hybridized carbons (Fsp3) is 0.500. The number of nitrogens with zero attached hydrogens (tertiary/aromatic N) is 1. The highest BCUT2D eigenvalue weighted by Gasteiger charge is 2.23. The SMILES string of the molecule is CC(C)C(C)NC(=O)c1ccc(Cl)c(S(=O)(=O)N(C)C)c1. The lowest BCUT2D eigenvalue weighted by molar-refractivity contribution is 0.0930. The first-order chi connectivity index (χ1) is 9.57. The minimum absolute atomic E-state index is 0.0120. The molecule has 118 valence electrons. The van der Waals surface area contributed by atoms with Crippen LogP contribution in [0.5, 0.6) is 0 Å². The van der Waals surface area contributed by atoms with Crippen molar-refractivity contribution in [3.8, 4) is 0 Å². The van der Waals surface area contributed by atoms with E-state index >= 15 is 0 Å². The van der Waals surface area contributed by atoms with Crippen molar-refractivity contribution in [1.29, 1.82) is 0 Å². The second-order valence-corrected chi connectivity index (χ2v) is 7.97. The summed E-state index contributed by atoms with van der Waals surface area (Å²) in [6, 6.07) is 4.23. The van der Waals surface area contributed by atoms with Crippen molar-refractivity contribution < 1.29 is 13.2 Å². The molecule has 0 saturated heterocycles. The van der Waals surface area contributed by atoms with Gasteiger partial charge in [-0.25, -0.2) is 12.7 Å². The van der Waals surface area contributed by atoms with Crippen LogP contribution < -0.4 is 5.32 Å². The Hall–Kier alpha value is -1.11. The van der Waals surface area contributed by atoms with Gasteiger partial charge in [-0.05, 0) is 31.0 Å². The summed E-state index contributed by atoms with van der Waals surface area (Å²) in [5.74, 6) is -0.0331. The third-order valence-electron chi connectivity index (χ3n) is 3.31. The number of carbonyl (C=O) groups excluding carboxylic acids is 1. The summed E-state index contributed by atoms with van der Waals surface area (Å²) in [4.78, 5) is 12.1. The maximum atomic E-state index is 12.2. The summed E-state index contributed by atoms with van der Waals surface area (Å²) in [5, 5.41) is 2.93. The first-order valence-electron chi connectivity index (χ1n) is 6.60. The number of carbonyl (C=O) groups is 1. The van der Waals surface area contributed by atoms with Crippen LogP contribution in [0.2, 0.25) is 5.02 Å². The molecule has 0 spiro atoms. The summed E-state index contributed by atoms with van der Waals surface area (Å²) in [6.45, 7) is 5.89. The van der Waals surface area contributed by atoms with E-state index in [1.54, 1.807) is 0 Å². The van der Waals surface area contributed by atoms with Crippen molar-refractivity contribution in [1.82, 2.24) is 9.62 Å². The second-order valence-electron chi connectivity index (χ2n) is 5.44. The van der Waals surface area contributed by atoms with Crippen LogP contribution in [0.3, 0.4) is 0 Å². The van der Waals surface area contributed by atoms with E-state index in [1.165, 1.54) is 32.3 Å². The summed E-state index contributed by atoms with van der Waals surface area (Å²) in [5.41, 5.74) is 0.271. The van der Waals surface area contributed by atoms with Gasteiger partial charge in [0, 0.05) is 25.7 Å². The molecule has 1 unspecified atom stereocenters. The largest absolute Gasteiger partial charge is 0.349 e. The Kier molecular flexibility index (Phi) is 5.78. The lowest BCUT2D eigenvalue weighted by atomic mass is 10.1. The summed E-state index contributed by atoms with van der Waals surface area (Å²) in [6.07, 6.45) is 0. The average Bonchev–Trinajstić information content (AvgIpc) is 2.38. The molecule has 1 amide bonds. The Bertz CT molecular complexity index is 627. The predicted octanol–water partition coefficient (Wildman–Crippen LogP) is 2.36. The molecule has 1 rings (SSSR count). The van der Waals surface area contributed by atoms with Crippen molar-refractivity contribution in [2.45, 2.75) is 31.7 Å². The first kappa shape index (κ1) is 17.9. The molecule has 0 aromatic heterocycles. The number of benzene rings is 1. The van der Waals surface area contributed by atoms with Crippen LogP contribution in [0, 0.1) is 5.92 Å². The number of rotatable bonds is 5. The van der Waals surface area contributed by atoms with Gasteiger partial charge in [0.15, 0.2) is 0 Å². The van der Waals surface area contributed by atoms with Gasteiger partial charge >= 0.3 is 0 Å². The highest BCUT2D eigenvalue weighted by atomic mass is 35.5. The number of halogens is 1. The van der Waals surface area contributed by atoms with Gasteiger partial charge in [-0.15, -0.1) is 0 Å². The molecule has 0 aliphatic rings. The van der Waals surface area contributed by atoms with Crippen LogP contribution in [0.15, 0.2) is 23.1 Å². The molecule has 0 bridgehead atoms. The number of hydrogen-bond acceptors (Lipinski definition) is 3. The lowest BCUT2D eigenvalue weighted by Crippen LogP contribution is -2.36. The highest BCUT2D eigenvalue weighted by Crippen LogP contribution is 2.24. The van der Waals surface area contributed by atoms with Crippen molar-refractivity contribution in [3.05, 3.63) is 28.8 Å². The molecular weight excluding hydrogens is 312 g/mol. The fourth-order valence-corrected chi connectivity index (χ4v) is 2.89. The van der Waals surface area contributed by atoms with Gasteiger partial charge in [0.25, 0.3) is 5.91 Å². The number of hydrogen-bond donors (Lipinski definition) is 1. The smallest absolute Gasteiger partial charge is 0.251 e. The Morgan fingerprint density at radius 1 is 1.24 bits per heavy atom. The van der Waals surface area contributed by atoms with Gasteiger partial charge < -0.3 is 5.32 Å². The Morgan fingerprint density at radius 3 is 2.29 bits per heavy atom. The zero-order valence-corrected chi connectivity index (χ0v) is 14.4. The zero-order chi connectivity index (χ0) is 16.4. The number of amides is 1. The van der Waals surface area contributed by atoms with Crippen LogP contribution in [-0.4, -0.2) is 38.8 Å². The fourth-order valence-electron chi connectivity index (χ4n) is 1.50. The van der Waals surface area contributed by atoms with Gasteiger partial charge in [-0.2, -0.15) is 0 Å². The van der Waals surface area contributed by atoms with Crippen LogP contribution in [0.4, 0.5) is 0 Å². The van der Waals surface area contributed by atoms with E-state index in [4.69, 9.17) is 11.6 Å². The van der Waals surface area contributed by atoms with E-state index < -0.39 is 10.0 Å². The van der Waals surface area contributed by atoms with Gasteiger partial charge in [0.2, 0.25) is 10.0 Å². The summed E-state index contributed by atoms with van der Waals surface area (Å²) < 4.78 is 25.4. The number of nitrogens with one attached hydrogen (secondary N) is 1. The third-order valence-corrected chi connectivity index (χ3v) is 5.61. The highest BCUT2D eigenvalue weighted by molar-refractivity contribution is 7.89. The molecule has 7 heteroatoms. The monoisotopic (exact) mass is 332 g/mol. The normalized spacial score (nSPS) is 13.5. The lowest BCUT2D eigenvalue weighted by Gasteiger charge is -2.18. The molecular formula is C14H21ClN2O3S.